The van der Waals surface area contributed by atoms with Crippen molar-refractivity contribution in [2.75, 3.05) is 6.54 Å². The van der Waals surface area contributed by atoms with Crippen molar-refractivity contribution >= 4 is 33.5 Å². The van der Waals surface area contributed by atoms with Crippen LogP contribution in [0.2, 0.25) is 0 Å². The van der Waals surface area contributed by atoms with Crippen LogP contribution in [-0.2, 0) is 13.1 Å². The smallest absolute Gasteiger partial charge is 0.269 e. The van der Waals surface area contributed by atoms with Crippen LogP contribution in [0, 0.1) is 10.1 Å². The van der Waals surface area contributed by atoms with E-state index in [4.69, 9.17) is 0 Å². The second-order valence-electron chi connectivity index (χ2n) is 7.74. The Kier molecular flexibility index (Phi) is 5.34. The highest BCUT2D eigenvalue weighted by Gasteiger charge is 2.13. The van der Waals surface area contributed by atoms with Crippen molar-refractivity contribution in [3.63, 3.8) is 0 Å². The SMILES string of the molecule is O=C(NCCn1ncc2c(=O)n(Cc3cccc([N+](=O)[O-])c3)cnc21)c1cc2ccccc2[nH]1. The first-order valence-corrected chi connectivity index (χ1v) is 10.5. The van der Waals surface area contributed by atoms with Gasteiger partial charge in [0.05, 0.1) is 24.2 Å². The van der Waals surface area contributed by atoms with Crippen LogP contribution in [0.5, 0.6) is 0 Å². The number of hydrogen-bond donors (Lipinski definition) is 2. The lowest BCUT2D eigenvalue weighted by Crippen LogP contribution is -2.28. The molecule has 2 N–H and O–H groups in total. The van der Waals surface area contributed by atoms with Crippen molar-refractivity contribution in [2.45, 2.75) is 13.1 Å². The molecule has 170 valence electrons. The van der Waals surface area contributed by atoms with Gasteiger partial charge < -0.3 is 10.3 Å². The summed E-state index contributed by atoms with van der Waals surface area (Å²) in [5.74, 6) is -0.236. The molecule has 0 aliphatic heterocycles. The molecule has 1 amide bonds. The second-order valence-corrected chi connectivity index (χ2v) is 7.74. The van der Waals surface area contributed by atoms with Gasteiger partial charge in [0.2, 0.25) is 0 Å². The van der Waals surface area contributed by atoms with Gasteiger partial charge in [-0.3, -0.25) is 24.3 Å². The van der Waals surface area contributed by atoms with Crippen LogP contribution in [0.3, 0.4) is 0 Å². The number of non-ortho nitro benzene ring substituents is 1. The Balaban J connectivity index is 1.28. The van der Waals surface area contributed by atoms with Crippen LogP contribution < -0.4 is 10.9 Å². The van der Waals surface area contributed by atoms with Gasteiger partial charge in [-0.1, -0.05) is 30.3 Å². The molecule has 0 spiro atoms. The average molecular weight is 457 g/mol. The van der Waals surface area contributed by atoms with Gasteiger partial charge in [0.25, 0.3) is 17.2 Å². The van der Waals surface area contributed by atoms with Gasteiger partial charge in [0, 0.05) is 29.6 Å². The molecule has 34 heavy (non-hydrogen) atoms. The average Bonchev–Trinajstić information content (AvgIpc) is 3.46. The first kappa shape index (κ1) is 21.1. The Morgan fingerprint density at radius 1 is 1.15 bits per heavy atom. The summed E-state index contributed by atoms with van der Waals surface area (Å²) in [4.78, 5) is 43.3. The van der Waals surface area contributed by atoms with Gasteiger partial charge in [-0.2, -0.15) is 5.10 Å². The lowest BCUT2D eigenvalue weighted by atomic mass is 10.2. The summed E-state index contributed by atoms with van der Waals surface area (Å²) in [6, 6.07) is 15.5. The molecule has 0 bridgehead atoms. The summed E-state index contributed by atoms with van der Waals surface area (Å²) in [6.45, 7) is 0.773. The van der Waals surface area contributed by atoms with E-state index < -0.39 is 4.92 Å². The molecule has 3 aromatic heterocycles. The van der Waals surface area contributed by atoms with Gasteiger partial charge in [-0.15, -0.1) is 0 Å². The topological polar surface area (TPSA) is 141 Å². The Hall–Kier alpha value is -4.80. The lowest BCUT2D eigenvalue weighted by molar-refractivity contribution is -0.384. The molecule has 2 aromatic carbocycles. The minimum atomic E-state index is -0.477. The Bertz CT molecular complexity index is 1570. The molecule has 0 unspecified atom stereocenters. The second kappa shape index (κ2) is 8.62. The quantitative estimate of drug-likeness (QED) is 0.284. The summed E-state index contributed by atoms with van der Waals surface area (Å²) in [7, 11) is 0. The van der Waals surface area contributed by atoms with Crippen molar-refractivity contribution in [3.05, 3.63) is 98.8 Å². The molecular formula is C23H19N7O4. The zero-order valence-electron chi connectivity index (χ0n) is 17.8. The van der Waals surface area contributed by atoms with Crippen LogP contribution in [-0.4, -0.2) is 41.7 Å². The number of nitro benzene ring substituents is 1. The molecule has 0 atom stereocenters. The Labute approximate surface area is 191 Å². The highest BCUT2D eigenvalue weighted by atomic mass is 16.6. The minimum absolute atomic E-state index is 0.0399. The molecule has 0 saturated carbocycles. The van der Waals surface area contributed by atoms with Crippen LogP contribution in [0.4, 0.5) is 5.69 Å². The predicted molar refractivity (Wildman–Crippen MR) is 125 cm³/mol. The third-order valence-corrected chi connectivity index (χ3v) is 5.48. The highest BCUT2D eigenvalue weighted by Crippen LogP contribution is 2.15. The van der Waals surface area contributed by atoms with Gasteiger partial charge in [0.15, 0.2) is 5.65 Å². The Morgan fingerprint density at radius 2 is 2.00 bits per heavy atom. The molecule has 11 nitrogen and oxygen atoms in total. The van der Waals surface area contributed by atoms with E-state index in [9.17, 15) is 19.7 Å². The maximum Gasteiger partial charge on any atom is 0.269 e. The van der Waals surface area contributed by atoms with E-state index >= 15 is 0 Å². The number of nitro groups is 1. The molecule has 0 aliphatic carbocycles. The summed E-state index contributed by atoms with van der Waals surface area (Å²) in [5, 5.41) is 19.3. The molecule has 5 aromatic rings. The van der Waals surface area contributed by atoms with E-state index in [1.807, 2.05) is 24.3 Å². The van der Waals surface area contributed by atoms with E-state index in [-0.39, 0.29) is 23.7 Å². The zero-order valence-corrected chi connectivity index (χ0v) is 17.8. The first-order valence-electron chi connectivity index (χ1n) is 10.5. The maximum atomic E-state index is 12.9. The van der Waals surface area contributed by atoms with E-state index in [1.165, 1.54) is 29.2 Å². The molecule has 0 radical (unpaired) electrons. The summed E-state index contributed by atoms with van der Waals surface area (Å²) in [5.41, 5.74) is 2.03. The van der Waals surface area contributed by atoms with Gasteiger partial charge in [0.1, 0.15) is 17.4 Å². The number of nitrogens with one attached hydrogen (secondary N) is 2. The normalized spacial score (nSPS) is 11.2. The van der Waals surface area contributed by atoms with E-state index in [2.05, 4.69) is 20.4 Å². The number of para-hydroxylation sites is 1. The molecule has 0 saturated heterocycles. The zero-order chi connectivity index (χ0) is 23.7. The van der Waals surface area contributed by atoms with Crippen molar-refractivity contribution in [2.24, 2.45) is 0 Å². The molecule has 0 aliphatic rings. The minimum Gasteiger partial charge on any atom is -0.351 e. The third-order valence-electron chi connectivity index (χ3n) is 5.48. The number of hydrogen-bond acceptors (Lipinski definition) is 6. The first-order chi connectivity index (χ1) is 16.5. The molecule has 0 fully saturated rings. The standard InChI is InChI=1S/C23H19N7O4/c31-22(20-11-16-5-1-2-7-19(16)27-20)24-8-9-29-21-18(12-26-29)23(32)28(14-25-21)13-15-4-3-6-17(10-15)30(33)34/h1-7,10-12,14,27H,8-9,13H2,(H,24,31). The van der Waals surface area contributed by atoms with Crippen LogP contribution in [0.1, 0.15) is 16.1 Å². The molecule has 3 heterocycles. The summed E-state index contributed by atoms with van der Waals surface area (Å²) in [6.07, 6.45) is 2.83. The fourth-order valence-corrected chi connectivity index (χ4v) is 3.81. The number of nitrogens with zero attached hydrogens (tertiary/aromatic N) is 5. The number of carbonyl (C=O) groups is 1. The van der Waals surface area contributed by atoms with Gasteiger partial charge in [-0.25, -0.2) is 9.67 Å². The summed E-state index contributed by atoms with van der Waals surface area (Å²) >= 11 is 0. The van der Waals surface area contributed by atoms with Crippen LogP contribution in [0.25, 0.3) is 21.9 Å². The van der Waals surface area contributed by atoms with Crippen molar-refractivity contribution < 1.29 is 9.72 Å². The van der Waals surface area contributed by atoms with Gasteiger partial charge >= 0.3 is 0 Å². The number of aromatic nitrogens is 5. The van der Waals surface area contributed by atoms with Crippen molar-refractivity contribution in [3.8, 4) is 0 Å². The van der Waals surface area contributed by atoms with E-state index in [0.29, 0.717) is 35.4 Å². The monoisotopic (exact) mass is 457 g/mol. The number of carbonyl (C=O) groups excluding carboxylic acids is 1. The number of aromatic amines is 1. The van der Waals surface area contributed by atoms with Gasteiger partial charge in [-0.05, 0) is 17.7 Å². The van der Waals surface area contributed by atoms with Crippen LogP contribution >= 0.6 is 0 Å². The van der Waals surface area contributed by atoms with E-state index in [0.717, 1.165) is 10.9 Å². The number of benzene rings is 2. The summed E-state index contributed by atoms with van der Waals surface area (Å²) < 4.78 is 2.94. The fraction of sp³-hybridized carbons (Fsp3) is 0.130. The van der Waals surface area contributed by atoms with Crippen LogP contribution in [0.15, 0.2) is 71.9 Å². The number of H-pyrrole nitrogens is 1. The largest absolute Gasteiger partial charge is 0.351 e. The number of amides is 1. The predicted octanol–water partition coefficient (Wildman–Crippen LogP) is 2.46. The fourth-order valence-electron chi connectivity index (χ4n) is 3.81. The Morgan fingerprint density at radius 3 is 2.82 bits per heavy atom. The maximum absolute atomic E-state index is 12.9. The lowest BCUT2D eigenvalue weighted by Gasteiger charge is -2.07. The van der Waals surface area contributed by atoms with E-state index in [1.54, 1.807) is 22.9 Å². The molecule has 5 rings (SSSR count). The third kappa shape index (κ3) is 4.01. The van der Waals surface area contributed by atoms with Crippen molar-refractivity contribution in [1.82, 2.24) is 29.6 Å². The number of fused-ring (bicyclic) bond motifs is 2. The number of rotatable bonds is 7. The van der Waals surface area contributed by atoms with Crippen molar-refractivity contribution in [1.29, 1.82) is 0 Å². The molecule has 11 heteroatoms. The molecular weight excluding hydrogens is 438 g/mol. The highest BCUT2D eigenvalue weighted by molar-refractivity contribution is 5.97.